The van der Waals surface area contributed by atoms with Gasteiger partial charge in [-0.2, -0.15) is 0 Å². The number of halogens is 1. The lowest BCUT2D eigenvalue weighted by Gasteiger charge is -2.07. The van der Waals surface area contributed by atoms with Crippen LogP contribution in [-0.4, -0.2) is 21.2 Å². The summed E-state index contributed by atoms with van der Waals surface area (Å²) in [6.45, 7) is 1.90. The van der Waals surface area contributed by atoms with E-state index in [0.717, 1.165) is 27.1 Å². The summed E-state index contributed by atoms with van der Waals surface area (Å²) in [5, 5.41) is 1.73. The van der Waals surface area contributed by atoms with Gasteiger partial charge in [-0.15, -0.1) is 11.3 Å². The van der Waals surface area contributed by atoms with E-state index in [1.54, 1.807) is 16.0 Å². The lowest BCUT2D eigenvalue weighted by atomic mass is 10.2. The molecule has 0 unspecified atom stereocenters. The highest BCUT2D eigenvalue weighted by molar-refractivity contribution is 9.10. The molecule has 0 spiro atoms. The normalized spacial score (nSPS) is 10.8. The Morgan fingerprint density at radius 2 is 2.00 bits per heavy atom. The highest BCUT2D eigenvalue weighted by atomic mass is 79.9. The first kappa shape index (κ1) is 16.7. The molecular weight excluding hydrogens is 392 g/mol. The number of hydrazine groups is 1. The lowest BCUT2D eigenvalue weighted by molar-refractivity contribution is -0.121. The molecule has 0 atom stereocenters. The summed E-state index contributed by atoms with van der Waals surface area (Å²) in [5.74, 6) is -0.585. The second-order valence-electron chi connectivity index (χ2n) is 5.14. The number of hydrogen-bond donors (Lipinski definition) is 2. The van der Waals surface area contributed by atoms with E-state index in [9.17, 15) is 9.59 Å². The Bertz CT molecular complexity index is 885. The molecule has 6 nitrogen and oxygen atoms in total. The van der Waals surface area contributed by atoms with Gasteiger partial charge in [0.2, 0.25) is 5.91 Å². The zero-order chi connectivity index (χ0) is 17.1. The molecule has 0 radical (unpaired) electrons. The molecule has 0 fully saturated rings. The first-order valence-electron chi connectivity index (χ1n) is 7.40. The monoisotopic (exact) mass is 406 g/mol. The maximum absolute atomic E-state index is 12.4. The molecular formula is C16H15BrN4O2S. The third-order valence-electron chi connectivity index (χ3n) is 3.41. The van der Waals surface area contributed by atoms with E-state index < -0.39 is 0 Å². The molecule has 24 heavy (non-hydrogen) atoms. The number of nitrogens with zero attached hydrogens (tertiary/aromatic N) is 2. The van der Waals surface area contributed by atoms with Gasteiger partial charge in [0.05, 0.1) is 11.9 Å². The highest BCUT2D eigenvalue weighted by Crippen LogP contribution is 2.27. The summed E-state index contributed by atoms with van der Waals surface area (Å²) in [4.78, 5) is 29.0. The van der Waals surface area contributed by atoms with E-state index in [4.69, 9.17) is 0 Å². The van der Waals surface area contributed by atoms with Crippen LogP contribution in [0.15, 0.2) is 40.3 Å². The Labute approximate surface area is 151 Å². The van der Waals surface area contributed by atoms with Crippen LogP contribution in [0.4, 0.5) is 0 Å². The molecule has 0 aliphatic carbocycles. The Balaban J connectivity index is 1.89. The van der Waals surface area contributed by atoms with Crippen LogP contribution in [0.3, 0.4) is 0 Å². The summed E-state index contributed by atoms with van der Waals surface area (Å²) in [7, 11) is 0. The molecule has 3 aromatic rings. The Morgan fingerprint density at radius 3 is 2.71 bits per heavy atom. The minimum Gasteiger partial charge on any atom is -0.278 e. The summed E-state index contributed by atoms with van der Waals surface area (Å²) >= 11 is 4.79. The molecule has 0 bridgehead atoms. The van der Waals surface area contributed by atoms with E-state index in [1.807, 2.05) is 31.2 Å². The largest absolute Gasteiger partial charge is 0.287 e. The number of carbonyl (C=O) groups excluding carboxylic acids is 2. The number of carbonyl (C=O) groups is 2. The first-order chi connectivity index (χ1) is 11.6. The number of benzene rings is 1. The van der Waals surface area contributed by atoms with Crippen LogP contribution in [0.1, 0.15) is 30.3 Å². The van der Waals surface area contributed by atoms with Crippen LogP contribution in [0.2, 0.25) is 0 Å². The zero-order valence-electron chi connectivity index (χ0n) is 12.9. The van der Waals surface area contributed by atoms with Crippen molar-refractivity contribution in [2.45, 2.75) is 19.8 Å². The van der Waals surface area contributed by atoms with Gasteiger partial charge in [0.25, 0.3) is 5.91 Å². The molecule has 2 heterocycles. The molecule has 2 N–H and O–H groups in total. The number of nitrogens with one attached hydrogen (secondary N) is 2. The topological polar surface area (TPSA) is 75.5 Å². The summed E-state index contributed by atoms with van der Waals surface area (Å²) in [6.07, 6.45) is 2.83. The van der Waals surface area contributed by atoms with E-state index in [1.165, 1.54) is 11.3 Å². The van der Waals surface area contributed by atoms with Crippen LogP contribution in [0, 0.1) is 0 Å². The molecule has 2 amide bonds. The minimum absolute atomic E-state index is 0.212. The number of rotatable bonds is 4. The summed E-state index contributed by atoms with van der Waals surface area (Å²) in [5.41, 5.74) is 7.08. The van der Waals surface area contributed by atoms with Gasteiger partial charge < -0.3 is 0 Å². The summed E-state index contributed by atoms with van der Waals surface area (Å²) in [6, 6.07) is 7.78. The average molecular weight is 407 g/mol. The lowest BCUT2D eigenvalue weighted by Crippen LogP contribution is -2.41. The van der Waals surface area contributed by atoms with Gasteiger partial charge in [-0.1, -0.05) is 35.0 Å². The predicted octanol–water partition coefficient (Wildman–Crippen LogP) is 3.39. The van der Waals surface area contributed by atoms with Gasteiger partial charge in [-0.25, -0.2) is 4.98 Å². The van der Waals surface area contributed by atoms with Crippen molar-refractivity contribution < 1.29 is 9.59 Å². The molecule has 3 rings (SSSR count). The Hall–Kier alpha value is -2.19. The van der Waals surface area contributed by atoms with Crippen LogP contribution in [0.5, 0.6) is 0 Å². The molecule has 0 aliphatic rings. The fourth-order valence-electron chi connectivity index (χ4n) is 2.27. The van der Waals surface area contributed by atoms with E-state index in [0.29, 0.717) is 12.1 Å². The fraction of sp³-hybridized carbons (Fsp3) is 0.188. The molecule has 0 saturated heterocycles. The van der Waals surface area contributed by atoms with Gasteiger partial charge in [0, 0.05) is 21.8 Å². The van der Waals surface area contributed by atoms with Gasteiger partial charge in [-0.3, -0.25) is 24.8 Å². The van der Waals surface area contributed by atoms with Gasteiger partial charge in [-0.05, 0) is 18.6 Å². The van der Waals surface area contributed by atoms with Crippen LogP contribution in [-0.2, 0) is 4.79 Å². The number of fused-ring (bicyclic) bond motifs is 1. The quantitative estimate of drug-likeness (QED) is 0.651. The third-order valence-corrected chi connectivity index (χ3v) is 4.78. The standard InChI is InChI=1S/C16H15BrN4O2S/c1-2-3-14(22)19-20-15(23)13-9-24-16-18-8-12(21(13)16)10-4-6-11(17)7-5-10/h4-9H,2-3H2,1H3,(H,19,22)(H,20,23). The van der Waals surface area contributed by atoms with Crippen molar-refractivity contribution in [3.05, 3.63) is 46.0 Å². The maximum atomic E-state index is 12.4. The third kappa shape index (κ3) is 3.34. The number of amides is 2. The molecule has 8 heteroatoms. The minimum atomic E-state index is -0.373. The number of imidazole rings is 1. The Kier molecular flexibility index (Phi) is 4.96. The number of hydrogen-bond acceptors (Lipinski definition) is 4. The van der Waals surface area contributed by atoms with Crippen molar-refractivity contribution in [1.82, 2.24) is 20.2 Å². The molecule has 2 aromatic heterocycles. The number of thiazole rings is 1. The molecule has 0 aliphatic heterocycles. The molecule has 1 aromatic carbocycles. The number of aromatic nitrogens is 2. The zero-order valence-corrected chi connectivity index (χ0v) is 15.3. The van der Waals surface area contributed by atoms with E-state index >= 15 is 0 Å². The van der Waals surface area contributed by atoms with Crippen molar-refractivity contribution in [2.24, 2.45) is 0 Å². The van der Waals surface area contributed by atoms with Crippen molar-refractivity contribution >= 4 is 44.0 Å². The summed E-state index contributed by atoms with van der Waals surface area (Å²) < 4.78 is 2.77. The van der Waals surface area contributed by atoms with E-state index in [-0.39, 0.29) is 11.8 Å². The smallest absolute Gasteiger partial charge is 0.278 e. The van der Waals surface area contributed by atoms with Crippen molar-refractivity contribution in [2.75, 3.05) is 0 Å². The SMILES string of the molecule is CCCC(=O)NNC(=O)c1csc2ncc(-c3ccc(Br)cc3)n12. The predicted molar refractivity (Wildman–Crippen MR) is 96.7 cm³/mol. The second-order valence-corrected chi connectivity index (χ2v) is 6.89. The van der Waals surface area contributed by atoms with Gasteiger partial charge >= 0.3 is 0 Å². The van der Waals surface area contributed by atoms with E-state index in [2.05, 4.69) is 31.8 Å². The van der Waals surface area contributed by atoms with Crippen LogP contribution in [0.25, 0.3) is 16.2 Å². The Morgan fingerprint density at radius 1 is 1.25 bits per heavy atom. The first-order valence-corrected chi connectivity index (χ1v) is 9.07. The van der Waals surface area contributed by atoms with Crippen LogP contribution >= 0.6 is 27.3 Å². The van der Waals surface area contributed by atoms with Crippen molar-refractivity contribution in [3.63, 3.8) is 0 Å². The second kappa shape index (κ2) is 7.14. The molecule has 0 saturated carbocycles. The highest BCUT2D eigenvalue weighted by Gasteiger charge is 2.17. The van der Waals surface area contributed by atoms with Crippen LogP contribution < -0.4 is 10.9 Å². The average Bonchev–Trinajstić information content (AvgIpc) is 3.16. The fourth-order valence-corrected chi connectivity index (χ4v) is 3.38. The molecule has 124 valence electrons. The van der Waals surface area contributed by atoms with Crippen molar-refractivity contribution in [3.8, 4) is 11.3 Å². The van der Waals surface area contributed by atoms with Gasteiger partial charge in [0.1, 0.15) is 5.69 Å². The van der Waals surface area contributed by atoms with Crippen molar-refractivity contribution in [1.29, 1.82) is 0 Å². The van der Waals surface area contributed by atoms with Gasteiger partial charge in [0.15, 0.2) is 4.96 Å². The maximum Gasteiger partial charge on any atom is 0.287 e.